The molecule has 0 saturated carbocycles. The summed E-state index contributed by atoms with van der Waals surface area (Å²) in [5.74, 6) is -1.37. The average Bonchev–Trinajstić information content (AvgIpc) is 2.18. The fourth-order valence-electron chi connectivity index (χ4n) is 1.01. The molecule has 0 fully saturated rings. The number of pyridine rings is 1. The maximum Gasteiger partial charge on any atom is 0.573 e. The van der Waals surface area contributed by atoms with Crippen LogP contribution >= 0.6 is 0 Å². The van der Waals surface area contributed by atoms with Crippen molar-refractivity contribution < 1.29 is 22.8 Å². The molecule has 0 aliphatic rings. The number of nitrogens with zero attached hydrogens (tertiary/aromatic N) is 3. The molecule has 0 radical (unpaired) electrons. The smallest absolute Gasteiger partial charge is 0.401 e. The Balaban J connectivity index is 3.13. The van der Waals surface area contributed by atoms with Gasteiger partial charge in [-0.25, -0.2) is 0 Å². The fraction of sp³-hybridized carbons (Fsp3) is 0.250. The van der Waals surface area contributed by atoms with Crippen LogP contribution in [-0.4, -0.2) is 16.3 Å². The van der Waals surface area contributed by atoms with Crippen LogP contribution in [0.5, 0.6) is 5.75 Å². The zero-order chi connectivity index (χ0) is 13.1. The van der Waals surface area contributed by atoms with Crippen LogP contribution in [0.25, 0.3) is 0 Å². The van der Waals surface area contributed by atoms with Crippen molar-refractivity contribution in [2.45, 2.75) is 12.8 Å². The molecule has 1 heterocycles. The van der Waals surface area contributed by atoms with Gasteiger partial charge in [-0.15, -0.1) is 13.2 Å². The van der Waals surface area contributed by atoms with Gasteiger partial charge in [0, 0.05) is 11.6 Å². The van der Waals surface area contributed by atoms with Crippen molar-refractivity contribution in [1.29, 1.82) is 5.26 Å². The van der Waals surface area contributed by atoms with Crippen LogP contribution in [-0.2, 0) is 6.42 Å². The zero-order valence-corrected chi connectivity index (χ0v) is 8.06. The summed E-state index contributed by atoms with van der Waals surface area (Å²) in [6.07, 6.45) is -4.82. The van der Waals surface area contributed by atoms with Crippen LogP contribution in [0.1, 0.15) is 5.56 Å². The van der Waals surface area contributed by atoms with Crippen LogP contribution in [0, 0.1) is 21.4 Å². The van der Waals surface area contributed by atoms with Gasteiger partial charge in [0.1, 0.15) is 0 Å². The van der Waals surface area contributed by atoms with Crippen molar-refractivity contribution in [2.75, 3.05) is 0 Å². The number of ether oxygens (including phenoxy) is 1. The third kappa shape index (κ3) is 3.60. The van der Waals surface area contributed by atoms with E-state index in [1.165, 1.54) is 0 Å². The van der Waals surface area contributed by atoms with E-state index in [2.05, 4.69) is 9.72 Å². The fourth-order valence-corrected chi connectivity index (χ4v) is 1.01. The van der Waals surface area contributed by atoms with E-state index in [-0.39, 0.29) is 5.56 Å². The summed E-state index contributed by atoms with van der Waals surface area (Å²) in [5.41, 5.74) is -0.244. The van der Waals surface area contributed by atoms with E-state index in [1.807, 2.05) is 0 Å². The first-order valence-electron chi connectivity index (χ1n) is 4.09. The number of alkyl halides is 3. The molecule has 0 N–H and O–H groups in total. The first-order valence-corrected chi connectivity index (χ1v) is 4.09. The molecule has 0 amide bonds. The van der Waals surface area contributed by atoms with E-state index in [1.54, 1.807) is 6.07 Å². The summed E-state index contributed by atoms with van der Waals surface area (Å²) in [5, 5.41) is 18.7. The maximum absolute atomic E-state index is 12.0. The van der Waals surface area contributed by atoms with E-state index in [9.17, 15) is 23.3 Å². The van der Waals surface area contributed by atoms with Crippen molar-refractivity contribution in [3.05, 3.63) is 27.9 Å². The van der Waals surface area contributed by atoms with Gasteiger partial charge in [0.05, 0.1) is 12.5 Å². The van der Waals surface area contributed by atoms with Crippen LogP contribution < -0.4 is 4.74 Å². The molecule has 9 heteroatoms. The average molecular weight is 247 g/mol. The lowest BCUT2D eigenvalue weighted by molar-refractivity contribution is -0.389. The third-order valence-electron chi connectivity index (χ3n) is 1.62. The van der Waals surface area contributed by atoms with Crippen molar-refractivity contribution in [1.82, 2.24) is 4.98 Å². The normalized spacial score (nSPS) is 10.7. The molecule has 0 aromatic carbocycles. The number of hydrogen-bond donors (Lipinski definition) is 0. The number of halogens is 3. The van der Waals surface area contributed by atoms with Gasteiger partial charge in [0.15, 0.2) is 11.9 Å². The summed E-state index contributed by atoms with van der Waals surface area (Å²) in [6, 6.07) is 2.35. The molecule has 0 spiro atoms. The number of aromatic nitrogens is 1. The van der Waals surface area contributed by atoms with Gasteiger partial charge in [-0.05, 0) is 9.91 Å². The molecule has 0 aliphatic heterocycles. The highest BCUT2D eigenvalue weighted by atomic mass is 19.4. The minimum Gasteiger partial charge on any atom is -0.401 e. The molecule has 6 nitrogen and oxygen atoms in total. The molecule has 0 saturated heterocycles. The van der Waals surface area contributed by atoms with E-state index in [0.717, 1.165) is 6.07 Å². The highest BCUT2D eigenvalue weighted by molar-refractivity contribution is 5.39. The second kappa shape index (κ2) is 4.65. The summed E-state index contributed by atoms with van der Waals surface area (Å²) < 4.78 is 39.4. The SMILES string of the molecule is N#CCc1cc([N+](=O)[O-])ncc1OC(F)(F)F. The quantitative estimate of drug-likeness (QED) is 0.601. The molecule has 1 aromatic heterocycles. The molecule has 90 valence electrons. The number of nitriles is 1. The largest absolute Gasteiger partial charge is 0.573 e. The lowest BCUT2D eigenvalue weighted by atomic mass is 10.2. The van der Waals surface area contributed by atoms with Gasteiger partial charge in [0.2, 0.25) is 0 Å². The van der Waals surface area contributed by atoms with E-state index >= 15 is 0 Å². The van der Waals surface area contributed by atoms with Crippen LogP contribution in [0.15, 0.2) is 12.3 Å². The van der Waals surface area contributed by atoms with Gasteiger partial charge < -0.3 is 14.9 Å². The summed E-state index contributed by atoms with van der Waals surface area (Å²) in [4.78, 5) is 12.6. The lowest BCUT2D eigenvalue weighted by Gasteiger charge is -2.09. The first kappa shape index (κ1) is 12.7. The van der Waals surface area contributed by atoms with E-state index in [0.29, 0.717) is 6.20 Å². The molecular formula is C8H4F3N3O3. The Bertz CT molecular complexity index is 481. The highest BCUT2D eigenvalue weighted by Crippen LogP contribution is 2.27. The molecule has 0 aliphatic carbocycles. The predicted molar refractivity (Wildman–Crippen MR) is 46.9 cm³/mol. The Morgan fingerprint density at radius 1 is 1.59 bits per heavy atom. The minimum absolute atomic E-state index is 0.244. The zero-order valence-electron chi connectivity index (χ0n) is 8.06. The highest BCUT2D eigenvalue weighted by Gasteiger charge is 2.33. The van der Waals surface area contributed by atoms with Crippen molar-refractivity contribution in [3.8, 4) is 11.8 Å². The second-order valence-electron chi connectivity index (χ2n) is 2.79. The molecule has 17 heavy (non-hydrogen) atoms. The van der Waals surface area contributed by atoms with Crippen molar-refractivity contribution >= 4 is 5.82 Å². The molecule has 1 aromatic rings. The van der Waals surface area contributed by atoms with Crippen molar-refractivity contribution in [2.24, 2.45) is 0 Å². The maximum atomic E-state index is 12.0. The van der Waals surface area contributed by atoms with Crippen LogP contribution in [0.4, 0.5) is 19.0 Å². The van der Waals surface area contributed by atoms with Gasteiger partial charge in [-0.2, -0.15) is 5.26 Å². The lowest BCUT2D eigenvalue weighted by Crippen LogP contribution is -2.18. The van der Waals surface area contributed by atoms with Crippen LogP contribution in [0.3, 0.4) is 0 Å². The summed E-state index contributed by atoms with van der Waals surface area (Å²) in [7, 11) is 0. The Hall–Kier alpha value is -2.37. The Kier molecular flexibility index (Phi) is 3.47. The standard InChI is InChI=1S/C8H4F3N3O3/c9-8(10,11)17-6-4-13-7(14(15)16)3-5(6)1-2-12/h3-4H,1H2. The van der Waals surface area contributed by atoms with Gasteiger partial charge in [0.25, 0.3) is 0 Å². The molecule has 0 unspecified atom stereocenters. The molecule has 1 rings (SSSR count). The van der Waals surface area contributed by atoms with E-state index in [4.69, 9.17) is 5.26 Å². The number of nitro groups is 1. The van der Waals surface area contributed by atoms with Crippen molar-refractivity contribution in [3.63, 3.8) is 0 Å². The monoisotopic (exact) mass is 247 g/mol. The first-order chi connectivity index (χ1) is 7.83. The minimum atomic E-state index is -4.94. The summed E-state index contributed by atoms with van der Waals surface area (Å²) in [6.45, 7) is 0. The van der Waals surface area contributed by atoms with Crippen LogP contribution in [0.2, 0.25) is 0 Å². The Morgan fingerprint density at radius 2 is 2.24 bits per heavy atom. The molecule has 0 bridgehead atoms. The Labute approximate surface area is 92.4 Å². The predicted octanol–water partition coefficient (Wildman–Crippen LogP) is 1.95. The van der Waals surface area contributed by atoms with Gasteiger partial charge >= 0.3 is 12.2 Å². The molecular weight excluding hydrogens is 243 g/mol. The third-order valence-corrected chi connectivity index (χ3v) is 1.62. The molecule has 0 atom stereocenters. The van der Waals surface area contributed by atoms with Gasteiger partial charge in [-0.1, -0.05) is 0 Å². The number of hydrogen-bond acceptors (Lipinski definition) is 5. The van der Waals surface area contributed by atoms with Gasteiger partial charge in [-0.3, -0.25) is 0 Å². The number of rotatable bonds is 3. The topological polar surface area (TPSA) is 89.0 Å². The second-order valence-corrected chi connectivity index (χ2v) is 2.79. The van der Waals surface area contributed by atoms with E-state index < -0.39 is 29.3 Å². The Morgan fingerprint density at radius 3 is 2.71 bits per heavy atom. The summed E-state index contributed by atoms with van der Waals surface area (Å²) >= 11 is 0.